The van der Waals surface area contributed by atoms with Crippen LogP contribution in [0.4, 0.5) is 0 Å². The molecule has 116 valence electrons. The van der Waals surface area contributed by atoms with Crippen LogP contribution < -0.4 is 0 Å². The van der Waals surface area contributed by atoms with Crippen LogP contribution in [0.5, 0.6) is 0 Å². The van der Waals surface area contributed by atoms with Crippen molar-refractivity contribution in [3.05, 3.63) is 30.3 Å². The quantitative estimate of drug-likeness (QED) is 0.591. The van der Waals surface area contributed by atoms with Gasteiger partial charge in [0.2, 0.25) is 0 Å². The van der Waals surface area contributed by atoms with Gasteiger partial charge in [-0.2, -0.15) is 0 Å². The highest BCUT2D eigenvalue weighted by Gasteiger charge is 2.38. The molecule has 1 aliphatic rings. The predicted molar refractivity (Wildman–Crippen MR) is 88.4 cm³/mol. The Balaban J connectivity index is 2.03. The van der Waals surface area contributed by atoms with Crippen LogP contribution in [0.2, 0.25) is 0 Å². The van der Waals surface area contributed by atoms with Crippen molar-refractivity contribution in [2.45, 2.75) is 51.5 Å². The molecule has 0 aromatic heterocycles. The van der Waals surface area contributed by atoms with Crippen molar-refractivity contribution in [3.8, 4) is 0 Å². The highest BCUT2D eigenvalue weighted by atomic mass is 32.2. The van der Waals surface area contributed by atoms with Crippen LogP contribution >= 0.6 is 11.8 Å². The first-order chi connectivity index (χ1) is 9.85. The lowest BCUT2D eigenvalue weighted by Gasteiger charge is -2.36. The van der Waals surface area contributed by atoms with Gasteiger partial charge >= 0.3 is 5.97 Å². The standard InChI is InChI=1S/C18H26O2S/c1-13-10-14(12-21-15-8-6-5-7-9-15)16(17(19)20-13)11-18(2,3)4/h5-9,13-14,16H,10-12H2,1-4H3/t13-,14+,16+/m0/s1. The Morgan fingerprint density at radius 2 is 1.90 bits per heavy atom. The molecular weight excluding hydrogens is 280 g/mol. The van der Waals surface area contributed by atoms with Gasteiger partial charge in [0.15, 0.2) is 0 Å². The molecule has 0 saturated carbocycles. The number of thioether (sulfide) groups is 1. The van der Waals surface area contributed by atoms with Crippen molar-refractivity contribution >= 4 is 17.7 Å². The molecule has 1 heterocycles. The second kappa shape index (κ2) is 6.87. The zero-order valence-corrected chi connectivity index (χ0v) is 14.3. The molecule has 0 amide bonds. The zero-order chi connectivity index (χ0) is 15.5. The third kappa shape index (κ3) is 5.06. The predicted octanol–water partition coefficient (Wildman–Crippen LogP) is 4.78. The Morgan fingerprint density at radius 3 is 2.52 bits per heavy atom. The lowest BCUT2D eigenvalue weighted by molar-refractivity contribution is -0.164. The van der Waals surface area contributed by atoms with E-state index < -0.39 is 0 Å². The van der Waals surface area contributed by atoms with Crippen molar-refractivity contribution in [2.24, 2.45) is 17.3 Å². The van der Waals surface area contributed by atoms with Crippen LogP contribution in [0.25, 0.3) is 0 Å². The monoisotopic (exact) mass is 306 g/mol. The molecule has 0 bridgehead atoms. The maximum absolute atomic E-state index is 12.3. The molecule has 0 N–H and O–H groups in total. The maximum atomic E-state index is 12.3. The Bertz CT molecular complexity index is 464. The molecule has 1 aromatic rings. The van der Waals surface area contributed by atoms with Crippen LogP contribution in [-0.2, 0) is 9.53 Å². The first-order valence-corrected chi connectivity index (χ1v) is 8.72. The fraction of sp³-hybridized carbons (Fsp3) is 0.611. The van der Waals surface area contributed by atoms with Crippen LogP contribution in [0, 0.1) is 17.3 Å². The summed E-state index contributed by atoms with van der Waals surface area (Å²) in [6.45, 7) is 8.59. The molecule has 0 unspecified atom stereocenters. The van der Waals surface area contributed by atoms with E-state index in [1.807, 2.05) is 24.8 Å². The van der Waals surface area contributed by atoms with Gasteiger partial charge in [0.1, 0.15) is 0 Å². The summed E-state index contributed by atoms with van der Waals surface area (Å²) in [6, 6.07) is 10.4. The molecular formula is C18H26O2S. The minimum Gasteiger partial charge on any atom is -0.462 e. The molecule has 0 radical (unpaired) electrons. The summed E-state index contributed by atoms with van der Waals surface area (Å²) in [5.41, 5.74) is 0.153. The second-order valence-electron chi connectivity index (χ2n) is 7.24. The van der Waals surface area contributed by atoms with Crippen LogP contribution in [0.15, 0.2) is 35.2 Å². The molecule has 0 aliphatic carbocycles. The average Bonchev–Trinajstić information content (AvgIpc) is 2.40. The first-order valence-electron chi connectivity index (χ1n) is 7.73. The summed E-state index contributed by atoms with van der Waals surface area (Å²) in [5, 5.41) is 0. The summed E-state index contributed by atoms with van der Waals surface area (Å²) in [4.78, 5) is 13.5. The summed E-state index contributed by atoms with van der Waals surface area (Å²) >= 11 is 1.85. The Kier molecular flexibility index (Phi) is 5.37. The van der Waals surface area contributed by atoms with Gasteiger partial charge in [0.25, 0.3) is 0 Å². The Morgan fingerprint density at radius 1 is 1.24 bits per heavy atom. The van der Waals surface area contributed by atoms with Crippen molar-refractivity contribution in [3.63, 3.8) is 0 Å². The topological polar surface area (TPSA) is 26.3 Å². The molecule has 3 atom stereocenters. The fourth-order valence-electron chi connectivity index (χ4n) is 2.93. The molecule has 1 aliphatic heterocycles. The van der Waals surface area contributed by atoms with E-state index in [2.05, 4.69) is 45.0 Å². The van der Waals surface area contributed by atoms with Gasteiger partial charge in [-0.05, 0) is 43.2 Å². The highest BCUT2D eigenvalue weighted by Crippen LogP contribution is 2.38. The smallest absolute Gasteiger partial charge is 0.309 e. The van der Waals surface area contributed by atoms with E-state index >= 15 is 0 Å². The number of hydrogen-bond acceptors (Lipinski definition) is 3. The minimum atomic E-state index is 0.00216. The SMILES string of the molecule is C[C@H]1C[C@H](CSc2ccccc2)[C@@H](CC(C)(C)C)C(=O)O1. The van der Waals surface area contributed by atoms with Gasteiger partial charge in [0.05, 0.1) is 12.0 Å². The number of benzene rings is 1. The lowest BCUT2D eigenvalue weighted by atomic mass is 9.76. The largest absolute Gasteiger partial charge is 0.462 e. The number of hydrogen-bond donors (Lipinski definition) is 0. The van der Waals surface area contributed by atoms with Crippen molar-refractivity contribution in [2.75, 3.05) is 5.75 Å². The maximum Gasteiger partial charge on any atom is 0.309 e. The van der Waals surface area contributed by atoms with Crippen LogP contribution in [-0.4, -0.2) is 17.8 Å². The van der Waals surface area contributed by atoms with E-state index in [1.54, 1.807) is 0 Å². The summed E-state index contributed by atoms with van der Waals surface area (Å²) in [5.74, 6) is 1.44. The molecule has 21 heavy (non-hydrogen) atoms. The number of carbonyl (C=O) groups excluding carboxylic acids is 1. The summed E-state index contributed by atoms with van der Waals surface area (Å²) in [7, 11) is 0. The molecule has 3 heteroatoms. The summed E-state index contributed by atoms with van der Waals surface area (Å²) in [6.07, 6.45) is 1.93. The van der Waals surface area contributed by atoms with Gasteiger partial charge in [-0.25, -0.2) is 0 Å². The van der Waals surface area contributed by atoms with Gasteiger partial charge in [0, 0.05) is 10.6 Å². The lowest BCUT2D eigenvalue weighted by Crippen LogP contribution is -2.39. The molecule has 1 fully saturated rings. The second-order valence-corrected chi connectivity index (χ2v) is 8.33. The van der Waals surface area contributed by atoms with Crippen LogP contribution in [0.1, 0.15) is 40.5 Å². The molecule has 2 rings (SSSR count). The number of cyclic esters (lactones) is 1. The Labute approximate surface area is 132 Å². The molecule has 0 spiro atoms. The van der Waals surface area contributed by atoms with E-state index in [1.165, 1.54) is 4.90 Å². The van der Waals surface area contributed by atoms with E-state index in [0.29, 0.717) is 5.92 Å². The number of carbonyl (C=O) groups is 1. The highest BCUT2D eigenvalue weighted by molar-refractivity contribution is 7.99. The van der Waals surface area contributed by atoms with Gasteiger partial charge in [-0.3, -0.25) is 4.79 Å². The average molecular weight is 306 g/mol. The number of ether oxygens (including phenoxy) is 1. The van der Waals surface area contributed by atoms with Crippen molar-refractivity contribution in [1.82, 2.24) is 0 Å². The molecule has 1 saturated heterocycles. The van der Waals surface area contributed by atoms with E-state index in [9.17, 15) is 4.79 Å². The van der Waals surface area contributed by atoms with E-state index in [-0.39, 0.29) is 23.4 Å². The molecule has 1 aromatic carbocycles. The first kappa shape index (κ1) is 16.4. The fourth-order valence-corrected chi connectivity index (χ4v) is 4.06. The van der Waals surface area contributed by atoms with E-state index in [4.69, 9.17) is 4.74 Å². The normalized spacial score (nSPS) is 26.5. The van der Waals surface area contributed by atoms with Crippen molar-refractivity contribution in [1.29, 1.82) is 0 Å². The summed E-state index contributed by atoms with van der Waals surface area (Å²) < 4.78 is 5.48. The van der Waals surface area contributed by atoms with Crippen LogP contribution in [0.3, 0.4) is 0 Å². The molecule has 2 nitrogen and oxygen atoms in total. The zero-order valence-electron chi connectivity index (χ0n) is 13.5. The van der Waals surface area contributed by atoms with Gasteiger partial charge < -0.3 is 4.74 Å². The number of esters is 1. The Hall–Kier alpha value is -0.960. The van der Waals surface area contributed by atoms with E-state index in [0.717, 1.165) is 18.6 Å². The van der Waals surface area contributed by atoms with Crippen molar-refractivity contribution < 1.29 is 9.53 Å². The third-order valence-electron chi connectivity index (χ3n) is 3.86. The third-order valence-corrected chi connectivity index (χ3v) is 5.06. The van der Waals surface area contributed by atoms with Gasteiger partial charge in [-0.15, -0.1) is 11.8 Å². The number of rotatable bonds is 4. The minimum absolute atomic E-state index is 0.00216. The van der Waals surface area contributed by atoms with Gasteiger partial charge in [-0.1, -0.05) is 39.0 Å².